The standard InChI is InChI=1S/C24H16F2N6O2/c1-11-15-7-13(25)8-16(26)20(15)21-14(4-3-5-29-21)23(33)22-19(17(9-27)32(2)31-22)12-6-18(34-11)24(28)30-10-12/h3-8,10-11H,1-2H3,(H2,28,30)/t11-/m1/s1. The third-order valence-corrected chi connectivity index (χ3v) is 5.65. The van der Waals surface area contributed by atoms with E-state index in [1.54, 1.807) is 6.92 Å². The van der Waals surface area contributed by atoms with Crippen molar-refractivity contribution in [2.75, 3.05) is 5.73 Å². The number of ketones is 1. The normalized spacial score (nSPS) is 14.6. The number of rotatable bonds is 0. The van der Waals surface area contributed by atoms with Crippen LogP contribution in [0.4, 0.5) is 14.6 Å². The Morgan fingerprint density at radius 1 is 1.18 bits per heavy atom. The summed E-state index contributed by atoms with van der Waals surface area (Å²) in [4.78, 5) is 22.2. The monoisotopic (exact) mass is 458 g/mol. The summed E-state index contributed by atoms with van der Waals surface area (Å²) in [5, 5.41) is 14.0. The maximum absolute atomic E-state index is 15.2. The first-order valence-corrected chi connectivity index (χ1v) is 10.2. The Kier molecular flexibility index (Phi) is 4.83. The van der Waals surface area contributed by atoms with Gasteiger partial charge in [0.05, 0.1) is 16.8 Å². The minimum Gasteiger partial charge on any atom is -0.482 e. The molecule has 0 fully saturated rings. The van der Waals surface area contributed by atoms with Crippen LogP contribution in [0.15, 0.2) is 42.7 Å². The molecule has 0 amide bonds. The van der Waals surface area contributed by atoms with Crippen LogP contribution in [0, 0.1) is 23.0 Å². The van der Waals surface area contributed by atoms with Gasteiger partial charge in [0.2, 0.25) is 5.78 Å². The first kappa shape index (κ1) is 21.2. The Morgan fingerprint density at radius 2 is 1.97 bits per heavy atom. The number of nitrogens with zero attached hydrogens (tertiary/aromatic N) is 5. The van der Waals surface area contributed by atoms with Gasteiger partial charge in [-0.25, -0.2) is 13.8 Å². The van der Waals surface area contributed by atoms with E-state index in [1.165, 1.54) is 42.3 Å². The predicted molar refractivity (Wildman–Crippen MR) is 118 cm³/mol. The van der Waals surface area contributed by atoms with Crippen molar-refractivity contribution in [1.29, 1.82) is 5.26 Å². The van der Waals surface area contributed by atoms with Gasteiger partial charge < -0.3 is 10.5 Å². The van der Waals surface area contributed by atoms with Crippen molar-refractivity contribution in [1.82, 2.24) is 19.7 Å². The van der Waals surface area contributed by atoms with E-state index in [-0.39, 0.29) is 50.9 Å². The number of benzene rings is 1. The Hall–Kier alpha value is -4.65. The van der Waals surface area contributed by atoms with Gasteiger partial charge in [-0.1, -0.05) is 0 Å². The van der Waals surface area contributed by atoms with E-state index in [2.05, 4.69) is 21.1 Å². The number of nitriles is 1. The molecule has 1 aliphatic heterocycles. The summed E-state index contributed by atoms with van der Waals surface area (Å²) in [5.74, 6) is -2.16. The molecule has 0 radical (unpaired) electrons. The smallest absolute Gasteiger partial charge is 0.216 e. The molecule has 0 aliphatic carbocycles. The highest BCUT2D eigenvalue weighted by Gasteiger charge is 2.30. The fourth-order valence-electron chi connectivity index (χ4n) is 4.10. The summed E-state index contributed by atoms with van der Waals surface area (Å²) in [7, 11) is 1.53. The van der Waals surface area contributed by atoms with Crippen molar-refractivity contribution < 1.29 is 18.3 Å². The van der Waals surface area contributed by atoms with Gasteiger partial charge >= 0.3 is 0 Å². The largest absolute Gasteiger partial charge is 0.482 e. The van der Waals surface area contributed by atoms with E-state index >= 15 is 4.39 Å². The summed E-state index contributed by atoms with van der Waals surface area (Å²) in [6.07, 6.45) is 1.92. The maximum atomic E-state index is 15.2. The number of anilines is 1. The lowest BCUT2D eigenvalue weighted by Crippen LogP contribution is -2.13. The molecule has 5 rings (SSSR count). The molecule has 0 spiro atoms. The molecule has 8 nitrogen and oxygen atoms in total. The number of pyridine rings is 2. The predicted octanol–water partition coefficient (Wildman–Crippen LogP) is 3.96. The average molecular weight is 458 g/mol. The van der Waals surface area contributed by atoms with Gasteiger partial charge in [0, 0.05) is 42.2 Å². The number of hydrogen-bond donors (Lipinski definition) is 1. The van der Waals surface area contributed by atoms with Crippen LogP contribution in [0.2, 0.25) is 0 Å². The molecule has 1 aromatic carbocycles. The zero-order valence-corrected chi connectivity index (χ0v) is 18.0. The molecular formula is C24H16F2N6O2. The van der Waals surface area contributed by atoms with E-state index in [4.69, 9.17) is 10.5 Å². The number of nitrogens with two attached hydrogens (primary N) is 1. The highest BCUT2D eigenvalue weighted by atomic mass is 19.1. The van der Waals surface area contributed by atoms with E-state index in [1.807, 2.05) is 0 Å². The fourth-order valence-corrected chi connectivity index (χ4v) is 4.10. The minimum absolute atomic E-state index is 0.000826. The molecule has 1 aliphatic rings. The van der Waals surface area contributed by atoms with Crippen LogP contribution in [-0.4, -0.2) is 25.5 Å². The van der Waals surface area contributed by atoms with Gasteiger partial charge in [0.25, 0.3) is 0 Å². The average Bonchev–Trinajstić information content (AvgIpc) is 3.15. The Labute approximate surface area is 192 Å². The molecule has 0 unspecified atom stereocenters. The first-order valence-electron chi connectivity index (χ1n) is 10.2. The van der Waals surface area contributed by atoms with Crippen LogP contribution in [0.3, 0.4) is 0 Å². The Bertz CT molecular complexity index is 1540. The molecule has 4 aromatic rings. The van der Waals surface area contributed by atoms with E-state index in [9.17, 15) is 14.4 Å². The fraction of sp³-hybridized carbons (Fsp3) is 0.125. The van der Waals surface area contributed by atoms with E-state index in [0.717, 1.165) is 12.1 Å². The summed E-state index contributed by atoms with van der Waals surface area (Å²) < 4.78 is 36.7. The van der Waals surface area contributed by atoms with Crippen LogP contribution < -0.4 is 10.5 Å². The number of aromatic nitrogens is 4. The first-order chi connectivity index (χ1) is 16.3. The van der Waals surface area contributed by atoms with Crippen LogP contribution in [0.5, 0.6) is 5.75 Å². The lowest BCUT2D eigenvalue weighted by Gasteiger charge is -2.21. The van der Waals surface area contributed by atoms with Crippen molar-refractivity contribution in [2.45, 2.75) is 13.0 Å². The summed E-state index contributed by atoms with van der Waals surface area (Å²) >= 11 is 0. The second-order valence-corrected chi connectivity index (χ2v) is 7.76. The molecule has 168 valence electrons. The molecular weight excluding hydrogens is 442 g/mol. The van der Waals surface area contributed by atoms with Crippen molar-refractivity contribution in [3.05, 3.63) is 76.9 Å². The van der Waals surface area contributed by atoms with Crippen LogP contribution >= 0.6 is 0 Å². The van der Waals surface area contributed by atoms with Gasteiger partial charge in [0.1, 0.15) is 35.2 Å². The number of ether oxygens (including phenoxy) is 1. The van der Waals surface area contributed by atoms with E-state index < -0.39 is 23.5 Å². The van der Waals surface area contributed by atoms with Gasteiger partial charge in [-0.05, 0) is 31.2 Å². The van der Waals surface area contributed by atoms with Gasteiger partial charge in [-0.3, -0.25) is 14.5 Å². The molecule has 0 saturated carbocycles. The van der Waals surface area contributed by atoms with Crippen LogP contribution in [0.25, 0.3) is 22.4 Å². The quantitative estimate of drug-likeness (QED) is 0.423. The summed E-state index contributed by atoms with van der Waals surface area (Å²) in [6, 6.07) is 8.43. The Balaban J connectivity index is 1.92. The third-order valence-electron chi connectivity index (χ3n) is 5.65. The second-order valence-electron chi connectivity index (χ2n) is 7.76. The number of fused-ring (bicyclic) bond motifs is 7. The number of nitrogen functional groups attached to an aromatic ring is 1. The second kappa shape index (κ2) is 7.74. The summed E-state index contributed by atoms with van der Waals surface area (Å²) in [6.45, 7) is 1.59. The lowest BCUT2D eigenvalue weighted by molar-refractivity contribution is 0.103. The van der Waals surface area contributed by atoms with Crippen LogP contribution in [-0.2, 0) is 7.05 Å². The molecule has 2 bridgehead atoms. The Morgan fingerprint density at radius 3 is 2.74 bits per heavy atom. The minimum atomic E-state index is -0.908. The number of aryl methyl sites for hydroxylation is 1. The highest BCUT2D eigenvalue weighted by molar-refractivity contribution is 6.15. The van der Waals surface area contributed by atoms with E-state index in [0.29, 0.717) is 5.56 Å². The van der Waals surface area contributed by atoms with Gasteiger partial charge in [0.15, 0.2) is 11.6 Å². The number of hydrogen-bond acceptors (Lipinski definition) is 7. The zero-order valence-electron chi connectivity index (χ0n) is 18.0. The van der Waals surface area contributed by atoms with Gasteiger partial charge in [-0.15, -0.1) is 0 Å². The topological polar surface area (TPSA) is 120 Å². The van der Waals surface area contributed by atoms with Crippen molar-refractivity contribution in [2.24, 2.45) is 7.05 Å². The molecule has 1 atom stereocenters. The van der Waals surface area contributed by atoms with Crippen molar-refractivity contribution in [3.63, 3.8) is 0 Å². The maximum Gasteiger partial charge on any atom is 0.216 e. The third kappa shape index (κ3) is 3.17. The number of carbonyl (C=O) groups is 1. The molecule has 4 heterocycles. The highest BCUT2D eigenvalue weighted by Crippen LogP contribution is 2.39. The molecule has 34 heavy (non-hydrogen) atoms. The van der Waals surface area contributed by atoms with Crippen molar-refractivity contribution in [3.8, 4) is 34.2 Å². The van der Waals surface area contributed by atoms with Crippen LogP contribution in [0.1, 0.15) is 40.3 Å². The molecule has 10 heteroatoms. The lowest BCUT2D eigenvalue weighted by atomic mass is 9.92. The molecule has 2 N–H and O–H groups in total. The molecule has 3 aromatic heterocycles. The summed E-state index contributed by atoms with van der Waals surface area (Å²) in [5.41, 5.74) is 6.76. The molecule has 0 saturated heterocycles. The number of carbonyl (C=O) groups excluding carboxylic acids is 1. The SMILES string of the molecule is C[C@H]1Oc2cc(cnc2N)-c2c(nn(C)c2C#N)C(=O)c2cccnc2-c2c(F)cc(F)cc21. The van der Waals surface area contributed by atoms with Crippen molar-refractivity contribution >= 4 is 11.6 Å². The zero-order chi connectivity index (χ0) is 24.1. The number of halogens is 2. The van der Waals surface area contributed by atoms with Gasteiger partial charge in [-0.2, -0.15) is 10.4 Å².